The van der Waals surface area contributed by atoms with Crippen molar-refractivity contribution in [2.75, 3.05) is 19.6 Å². The topological polar surface area (TPSA) is 27.6 Å². The summed E-state index contributed by atoms with van der Waals surface area (Å²) in [4.78, 5) is 8.46. The van der Waals surface area contributed by atoms with Crippen LogP contribution in [0.3, 0.4) is 0 Å². The van der Waals surface area contributed by atoms with E-state index in [-0.39, 0.29) is 0 Å². The van der Waals surface area contributed by atoms with Gasteiger partial charge in [0.05, 0.1) is 6.04 Å². The minimum Gasteiger partial charge on any atom is -0.354 e. The highest BCUT2D eigenvalue weighted by Gasteiger charge is 2.31. The van der Waals surface area contributed by atoms with E-state index in [1.54, 1.807) is 0 Å². The van der Waals surface area contributed by atoms with Crippen LogP contribution in [0.15, 0.2) is 16.4 Å². The van der Waals surface area contributed by atoms with Crippen LogP contribution >= 0.6 is 11.3 Å². The third kappa shape index (κ3) is 1.44. The Hall–Kier alpha value is -1.03. The number of fused-ring (bicyclic) bond motifs is 1. The molecule has 1 N–H and O–H groups in total. The molecule has 1 unspecified atom stereocenters. The van der Waals surface area contributed by atoms with E-state index < -0.39 is 0 Å². The van der Waals surface area contributed by atoms with E-state index in [1.807, 2.05) is 11.3 Å². The van der Waals surface area contributed by atoms with Crippen LogP contribution in [0, 0.1) is 6.92 Å². The van der Waals surface area contributed by atoms with Crippen molar-refractivity contribution in [3.05, 3.63) is 21.9 Å². The van der Waals surface area contributed by atoms with Gasteiger partial charge in [0.2, 0.25) is 0 Å². The quantitative estimate of drug-likeness (QED) is 0.782. The molecular formula is C11H15N3S. The molecule has 3 heterocycles. The number of nitrogens with zero attached hydrogens (tertiary/aromatic N) is 2. The number of rotatable bonds is 1. The third-order valence-corrected chi connectivity index (χ3v) is 4.27. The fourth-order valence-electron chi connectivity index (χ4n) is 2.39. The Bertz CT molecular complexity index is 396. The number of aryl methyl sites for hydroxylation is 1. The zero-order valence-electron chi connectivity index (χ0n) is 8.86. The number of guanidine groups is 1. The number of hydrogen-bond donors (Lipinski definition) is 1. The minimum atomic E-state index is 0.562. The zero-order chi connectivity index (χ0) is 10.3. The number of thiophene rings is 1. The first kappa shape index (κ1) is 9.21. The van der Waals surface area contributed by atoms with Crippen LogP contribution in [0.5, 0.6) is 0 Å². The Morgan fingerprint density at radius 2 is 2.53 bits per heavy atom. The predicted molar refractivity (Wildman–Crippen MR) is 63.4 cm³/mol. The van der Waals surface area contributed by atoms with Crippen molar-refractivity contribution in [2.45, 2.75) is 19.4 Å². The van der Waals surface area contributed by atoms with Crippen molar-refractivity contribution >= 4 is 17.3 Å². The molecule has 4 heteroatoms. The summed E-state index contributed by atoms with van der Waals surface area (Å²) in [5.74, 6) is 1.11. The van der Waals surface area contributed by atoms with E-state index in [2.05, 4.69) is 33.6 Å². The average molecular weight is 221 g/mol. The average Bonchev–Trinajstić information content (AvgIpc) is 2.85. The molecule has 1 atom stereocenters. The summed E-state index contributed by atoms with van der Waals surface area (Å²) in [6, 6.07) is 2.78. The van der Waals surface area contributed by atoms with Gasteiger partial charge >= 0.3 is 0 Å². The fraction of sp³-hybridized carbons (Fsp3) is 0.545. The lowest BCUT2D eigenvalue weighted by molar-refractivity contribution is 0.318. The molecular weight excluding hydrogens is 206 g/mol. The van der Waals surface area contributed by atoms with Gasteiger partial charge in [0.1, 0.15) is 0 Å². The van der Waals surface area contributed by atoms with Crippen LogP contribution in [0.25, 0.3) is 0 Å². The van der Waals surface area contributed by atoms with E-state index >= 15 is 0 Å². The molecule has 1 aromatic rings. The summed E-state index contributed by atoms with van der Waals surface area (Å²) in [5, 5.41) is 5.54. The summed E-state index contributed by atoms with van der Waals surface area (Å²) in [7, 11) is 0. The SMILES string of the molecule is Cc1ccsc1C1CCN=C2NCCN21. The van der Waals surface area contributed by atoms with E-state index in [0.29, 0.717) is 6.04 Å². The van der Waals surface area contributed by atoms with Crippen molar-refractivity contribution in [1.82, 2.24) is 10.2 Å². The van der Waals surface area contributed by atoms with Crippen LogP contribution in [-0.2, 0) is 0 Å². The largest absolute Gasteiger partial charge is 0.354 e. The smallest absolute Gasteiger partial charge is 0.194 e. The van der Waals surface area contributed by atoms with Crippen molar-refractivity contribution in [1.29, 1.82) is 0 Å². The first-order valence-electron chi connectivity index (χ1n) is 5.45. The molecule has 0 bridgehead atoms. The highest BCUT2D eigenvalue weighted by atomic mass is 32.1. The normalized spacial score (nSPS) is 24.7. The van der Waals surface area contributed by atoms with E-state index in [1.165, 1.54) is 10.4 Å². The van der Waals surface area contributed by atoms with Gasteiger partial charge in [0.25, 0.3) is 0 Å². The molecule has 3 rings (SSSR count). The maximum atomic E-state index is 4.52. The summed E-state index contributed by atoms with van der Waals surface area (Å²) < 4.78 is 0. The predicted octanol–water partition coefficient (Wildman–Crippen LogP) is 1.76. The van der Waals surface area contributed by atoms with Crippen LogP contribution in [0.4, 0.5) is 0 Å². The molecule has 80 valence electrons. The highest BCUT2D eigenvalue weighted by molar-refractivity contribution is 7.10. The molecule has 0 radical (unpaired) electrons. The molecule has 0 saturated carbocycles. The van der Waals surface area contributed by atoms with Gasteiger partial charge in [0.15, 0.2) is 5.96 Å². The fourth-order valence-corrected chi connectivity index (χ4v) is 3.47. The second-order valence-corrected chi connectivity index (χ2v) is 5.05. The van der Waals surface area contributed by atoms with Gasteiger partial charge in [-0.1, -0.05) is 0 Å². The first-order valence-corrected chi connectivity index (χ1v) is 6.33. The van der Waals surface area contributed by atoms with Gasteiger partial charge in [-0.2, -0.15) is 0 Å². The van der Waals surface area contributed by atoms with Gasteiger partial charge < -0.3 is 10.2 Å². The van der Waals surface area contributed by atoms with E-state index in [9.17, 15) is 0 Å². The molecule has 1 saturated heterocycles. The molecule has 1 aromatic heterocycles. The standard InChI is InChI=1S/C11H15N3S/c1-8-3-7-15-10(8)9-2-4-12-11-13-5-6-14(9)11/h3,7,9H,2,4-6H2,1H3,(H,12,13). The van der Waals surface area contributed by atoms with Crippen molar-refractivity contribution in [3.8, 4) is 0 Å². The van der Waals surface area contributed by atoms with Gasteiger partial charge in [-0.05, 0) is 30.4 Å². The van der Waals surface area contributed by atoms with Crippen molar-refractivity contribution in [2.24, 2.45) is 4.99 Å². The van der Waals surface area contributed by atoms with E-state index in [4.69, 9.17) is 0 Å². The molecule has 15 heavy (non-hydrogen) atoms. The molecule has 0 aliphatic carbocycles. The lowest BCUT2D eigenvalue weighted by atomic mass is 10.1. The van der Waals surface area contributed by atoms with Gasteiger partial charge in [0, 0.05) is 24.5 Å². The Morgan fingerprint density at radius 1 is 1.60 bits per heavy atom. The Morgan fingerprint density at radius 3 is 3.33 bits per heavy atom. The van der Waals surface area contributed by atoms with Crippen LogP contribution < -0.4 is 5.32 Å². The van der Waals surface area contributed by atoms with Crippen LogP contribution in [0.2, 0.25) is 0 Å². The van der Waals surface area contributed by atoms with Crippen molar-refractivity contribution in [3.63, 3.8) is 0 Å². The highest BCUT2D eigenvalue weighted by Crippen LogP contribution is 2.34. The van der Waals surface area contributed by atoms with Gasteiger partial charge in [-0.25, -0.2) is 0 Å². The van der Waals surface area contributed by atoms with E-state index in [0.717, 1.165) is 32.0 Å². The Kier molecular flexibility index (Phi) is 2.16. The monoisotopic (exact) mass is 221 g/mol. The number of aliphatic imine (C=N–C) groups is 1. The maximum absolute atomic E-state index is 4.52. The number of nitrogens with one attached hydrogen (secondary N) is 1. The maximum Gasteiger partial charge on any atom is 0.194 e. The summed E-state index contributed by atoms with van der Waals surface area (Å²) in [5.41, 5.74) is 1.43. The second-order valence-electron chi connectivity index (χ2n) is 4.10. The first-order chi connectivity index (χ1) is 7.36. The molecule has 3 nitrogen and oxygen atoms in total. The van der Waals surface area contributed by atoms with Gasteiger partial charge in [-0.3, -0.25) is 4.99 Å². The number of hydrogen-bond acceptors (Lipinski definition) is 4. The molecule has 1 fully saturated rings. The molecule has 2 aliphatic heterocycles. The van der Waals surface area contributed by atoms with Crippen LogP contribution in [-0.4, -0.2) is 30.5 Å². The minimum absolute atomic E-state index is 0.562. The van der Waals surface area contributed by atoms with Crippen LogP contribution in [0.1, 0.15) is 22.9 Å². The second kappa shape index (κ2) is 3.52. The molecule has 0 amide bonds. The summed E-state index contributed by atoms with van der Waals surface area (Å²) >= 11 is 1.88. The van der Waals surface area contributed by atoms with Gasteiger partial charge in [-0.15, -0.1) is 11.3 Å². The summed E-state index contributed by atoms with van der Waals surface area (Å²) in [6.45, 7) is 5.31. The zero-order valence-corrected chi connectivity index (χ0v) is 9.68. The van der Waals surface area contributed by atoms with Crippen molar-refractivity contribution < 1.29 is 0 Å². The molecule has 2 aliphatic rings. The summed E-state index contributed by atoms with van der Waals surface area (Å²) in [6.07, 6.45) is 1.16. The Balaban J connectivity index is 1.94. The third-order valence-electron chi connectivity index (χ3n) is 3.15. The lowest BCUT2D eigenvalue weighted by Gasteiger charge is -2.31. The lowest BCUT2D eigenvalue weighted by Crippen LogP contribution is -2.37. The molecule has 0 aromatic carbocycles. The molecule has 0 spiro atoms. The Labute approximate surface area is 93.8 Å².